The predicted molar refractivity (Wildman–Crippen MR) is 228 cm³/mol. The SMILES string of the molecule is Cc1ccccc1CN(C(=O)C1=C(c2ccc(CCCOc3c(F)ccc(F)c3F)cc2)CC2CN(C(=O)OCCCCO[N+](=O)[O-])CC1N2C(=O)OC(C)(C)C(Cl)(Cl)Cl)C1CC1. The molecule has 0 radical (unpaired) electrons. The van der Waals surface area contributed by atoms with E-state index in [0.29, 0.717) is 43.0 Å². The largest absolute Gasteiger partial charge is 0.488 e. The molecule has 1 saturated heterocycles. The van der Waals surface area contributed by atoms with Crippen LogP contribution in [0.25, 0.3) is 5.57 Å². The minimum Gasteiger partial charge on any atom is -0.488 e. The number of aryl methyl sites for hydroxylation is 2. The average Bonchev–Trinajstić information content (AvgIpc) is 4.07. The van der Waals surface area contributed by atoms with Crippen molar-refractivity contribution in [2.75, 3.05) is 32.9 Å². The molecule has 13 nitrogen and oxygen atoms in total. The van der Waals surface area contributed by atoms with Crippen LogP contribution in [0.5, 0.6) is 5.75 Å². The molecule has 2 heterocycles. The van der Waals surface area contributed by atoms with Gasteiger partial charge in [0.05, 0.1) is 31.9 Å². The Morgan fingerprint density at radius 3 is 2.24 bits per heavy atom. The molecule has 1 saturated carbocycles. The van der Waals surface area contributed by atoms with E-state index in [9.17, 15) is 32.9 Å². The summed E-state index contributed by atoms with van der Waals surface area (Å²) in [5.41, 5.74) is 2.83. The lowest BCUT2D eigenvalue weighted by atomic mass is 9.81. The number of halogens is 6. The van der Waals surface area contributed by atoms with Crippen LogP contribution in [0.3, 0.4) is 0 Å². The Balaban J connectivity index is 1.33. The van der Waals surface area contributed by atoms with Gasteiger partial charge in [-0.15, -0.1) is 10.1 Å². The molecule has 3 aromatic carbocycles. The van der Waals surface area contributed by atoms with Crippen LogP contribution in [0.4, 0.5) is 22.8 Å². The summed E-state index contributed by atoms with van der Waals surface area (Å²) in [5.74, 6) is -4.72. The smallest absolute Gasteiger partial charge is 0.411 e. The number of nitrogens with zero attached hydrogens (tertiary/aromatic N) is 4. The van der Waals surface area contributed by atoms with Crippen molar-refractivity contribution in [3.63, 3.8) is 0 Å². The number of rotatable bonds is 17. The van der Waals surface area contributed by atoms with Gasteiger partial charge < -0.3 is 28.8 Å². The molecule has 0 spiro atoms. The van der Waals surface area contributed by atoms with Crippen molar-refractivity contribution >= 4 is 58.5 Å². The Morgan fingerprint density at radius 1 is 0.889 bits per heavy atom. The Labute approximate surface area is 378 Å². The maximum atomic E-state index is 15.4. The second-order valence-electron chi connectivity index (χ2n) is 16.2. The van der Waals surface area contributed by atoms with Gasteiger partial charge in [0.15, 0.2) is 23.0 Å². The number of hydrogen-bond donors (Lipinski definition) is 0. The lowest BCUT2D eigenvalue weighted by Gasteiger charge is -2.51. The van der Waals surface area contributed by atoms with Crippen molar-refractivity contribution < 1.29 is 51.7 Å². The Morgan fingerprint density at radius 2 is 1.57 bits per heavy atom. The minimum atomic E-state index is -2.02. The first-order valence-corrected chi connectivity index (χ1v) is 21.7. The highest BCUT2D eigenvalue weighted by atomic mass is 35.6. The lowest BCUT2D eigenvalue weighted by Crippen LogP contribution is -2.66. The highest BCUT2D eigenvalue weighted by Gasteiger charge is 2.52. The van der Waals surface area contributed by atoms with Gasteiger partial charge in [-0.05, 0) is 106 Å². The topological polar surface area (TPSA) is 141 Å². The average molecular weight is 940 g/mol. The monoisotopic (exact) mass is 938 g/mol. The zero-order chi connectivity index (χ0) is 45.6. The van der Waals surface area contributed by atoms with Crippen LogP contribution in [-0.2, 0) is 32.1 Å². The van der Waals surface area contributed by atoms with Gasteiger partial charge in [0.1, 0.15) is 0 Å². The molecule has 2 fully saturated rings. The van der Waals surface area contributed by atoms with E-state index in [1.165, 1.54) is 23.6 Å². The molecular weight excluding hydrogens is 892 g/mol. The second kappa shape index (κ2) is 20.3. The van der Waals surface area contributed by atoms with E-state index in [1.54, 1.807) is 0 Å². The van der Waals surface area contributed by atoms with Gasteiger partial charge in [-0.2, -0.15) is 4.39 Å². The molecule has 340 valence electrons. The summed E-state index contributed by atoms with van der Waals surface area (Å²) < 4.78 is 56.6. The van der Waals surface area contributed by atoms with Crippen molar-refractivity contribution in [1.82, 2.24) is 14.7 Å². The molecule has 0 aromatic heterocycles. The molecule has 19 heteroatoms. The number of alkyl halides is 3. The molecule has 0 N–H and O–H groups in total. The third kappa shape index (κ3) is 11.6. The van der Waals surface area contributed by atoms with Crippen LogP contribution in [0, 0.1) is 34.5 Å². The normalized spacial score (nSPS) is 17.6. The summed E-state index contributed by atoms with van der Waals surface area (Å²) in [4.78, 5) is 62.9. The van der Waals surface area contributed by atoms with E-state index < -0.39 is 62.0 Å². The Kier molecular flexibility index (Phi) is 15.3. The van der Waals surface area contributed by atoms with Crippen molar-refractivity contribution in [3.05, 3.63) is 116 Å². The second-order valence-corrected chi connectivity index (χ2v) is 18.5. The van der Waals surface area contributed by atoms with E-state index in [0.717, 1.165) is 35.6 Å². The number of benzene rings is 3. The highest BCUT2D eigenvalue weighted by Crippen LogP contribution is 2.44. The zero-order valence-electron chi connectivity index (χ0n) is 34.9. The highest BCUT2D eigenvalue weighted by molar-refractivity contribution is 6.68. The summed E-state index contributed by atoms with van der Waals surface area (Å²) >= 11 is 18.7. The minimum absolute atomic E-state index is 0.00578. The molecule has 63 heavy (non-hydrogen) atoms. The number of piperazine rings is 1. The molecular formula is C44H48Cl3F3N4O9. The third-order valence-corrected chi connectivity index (χ3v) is 12.7. The van der Waals surface area contributed by atoms with Crippen LogP contribution in [0.1, 0.15) is 74.6 Å². The van der Waals surface area contributed by atoms with Crippen LogP contribution >= 0.6 is 34.8 Å². The molecule has 2 unspecified atom stereocenters. The van der Waals surface area contributed by atoms with Gasteiger partial charge in [0.25, 0.3) is 11.0 Å². The number of fused-ring (bicyclic) bond motifs is 2. The standard InChI is InChI=1S/C44H48Cl3F3N4O9/c1-27-9-4-5-11-30(27)24-52(31-16-17-31)40(55)37-33(29-14-12-28(13-15-29)10-8-21-60-39-35(49)19-18-34(48)38(39)50)23-32-25-51(41(56)61-20-6-7-22-62-54(58)59)26-36(37)53(32)42(57)63-43(2,3)44(45,46)47/h4-5,9,11-15,18-19,31-32,36H,6-8,10,16-17,20-26H2,1-3H3. The quantitative estimate of drug-likeness (QED) is 0.0426. The van der Waals surface area contributed by atoms with Gasteiger partial charge in [0, 0.05) is 31.2 Å². The van der Waals surface area contributed by atoms with Gasteiger partial charge in [-0.25, -0.2) is 18.4 Å². The summed E-state index contributed by atoms with van der Waals surface area (Å²) in [6, 6.07) is 14.8. The number of unbranched alkanes of at least 4 members (excludes halogenated alkanes) is 1. The number of amides is 3. The maximum Gasteiger partial charge on any atom is 0.411 e. The summed E-state index contributed by atoms with van der Waals surface area (Å²) in [7, 11) is 0. The maximum absolute atomic E-state index is 15.4. The zero-order valence-corrected chi connectivity index (χ0v) is 37.2. The van der Waals surface area contributed by atoms with E-state index in [1.807, 2.05) is 60.4 Å². The third-order valence-electron chi connectivity index (χ3n) is 11.3. The van der Waals surface area contributed by atoms with Crippen LogP contribution < -0.4 is 4.74 Å². The summed E-state index contributed by atoms with van der Waals surface area (Å²) in [6.45, 7) is 4.72. The fourth-order valence-electron chi connectivity index (χ4n) is 7.64. The predicted octanol–water partition coefficient (Wildman–Crippen LogP) is 9.54. The number of hydrogen-bond acceptors (Lipinski definition) is 9. The van der Waals surface area contributed by atoms with Gasteiger partial charge >= 0.3 is 12.2 Å². The molecule has 3 aliphatic rings. The molecule has 3 aromatic rings. The molecule has 2 aliphatic heterocycles. The Hall–Kier alpha value is -4.93. The first-order chi connectivity index (χ1) is 29.9. The number of carbonyl (C=O) groups excluding carboxylic acids is 3. The number of ether oxygens (including phenoxy) is 3. The first kappa shape index (κ1) is 47.5. The summed E-state index contributed by atoms with van der Waals surface area (Å²) in [5, 5.41) is 9.63. The van der Waals surface area contributed by atoms with Crippen molar-refractivity contribution in [2.24, 2.45) is 0 Å². The van der Waals surface area contributed by atoms with Gasteiger partial charge in [0.2, 0.25) is 9.61 Å². The molecule has 6 rings (SSSR count). The van der Waals surface area contributed by atoms with E-state index >= 15 is 4.79 Å². The van der Waals surface area contributed by atoms with Crippen molar-refractivity contribution in [2.45, 2.75) is 99.8 Å². The Bertz CT molecular complexity index is 2200. The fraction of sp³-hybridized carbons (Fsp3) is 0.477. The van der Waals surface area contributed by atoms with Crippen molar-refractivity contribution in [1.29, 1.82) is 0 Å². The van der Waals surface area contributed by atoms with E-state index in [4.69, 9.17) is 49.0 Å². The van der Waals surface area contributed by atoms with E-state index in [2.05, 4.69) is 4.84 Å². The fourth-order valence-corrected chi connectivity index (χ4v) is 7.76. The molecule has 1 aliphatic carbocycles. The van der Waals surface area contributed by atoms with Crippen LogP contribution in [0.2, 0.25) is 0 Å². The van der Waals surface area contributed by atoms with Crippen molar-refractivity contribution in [3.8, 4) is 5.75 Å². The van der Waals surface area contributed by atoms with Gasteiger partial charge in [-0.3, -0.25) is 9.69 Å². The summed E-state index contributed by atoms with van der Waals surface area (Å²) in [6.07, 6.45) is 1.47. The lowest BCUT2D eigenvalue weighted by molar-refractivity contribution is -0.757. The first-order valence-electron chi connectivity index (χ1n) is 20.6. The molecule has 2 atom stereocenters. The molecule has 2 bridgehead atoms. The number of carbonyl (C=O) groups is 3. The molecule has 3 amide bonds. The van der Waals surface area contributed by atoms with E-state index in [-0.39, 0.29) is 63.3 Å². The van der Waals surface area contributed by atoms with Crippen LogP contribution in [0.15, 0.2) is 66.2 Å². The van der Waals surface area contributed by atoms with Crippen LogP contribution in [-0.4, -0.2) is 98.3 Å². The van der Waals surface area contributed by atoms with Gasteiger partial charge in [-0.1, -0.05) is 83.3 Å².